The van der Waals surface area contributed by atoms with Gasteiger partial charge in [0.05, 0.1) is 11.6 Å². The lowest BCUT2D eigenvalue weighted by atomic mass is 10.1. The van der Waals surface area contributed by atoms with Crippen molar-refractivity contribution in [1.82, 2.24) is 4.90 Å². The second-order valence-corrected chi connectivity index (χ2v) is 7.41. The highest BCUT2D eigenvalue weighted by Gasteiger charge is 2.27. The number of benzene rings is 2. The second kappa shape index (κ2) is 7.58. The second-order valence-electron chi connectivity index (χ2n) is 7.41. The Morgan fingerprint density at radius 1 is 1.28 bits per heavy atom. The number of nitrogens with one attached hydrogen (secondary N) is 2. The summed E-state index contributed by atoms with van der Waals surface area (Å²) in [5.41, 5.74) is 3.48. The zero-order chi connectivity index (χ0) is 20.5. The van der Waals surface area contributed by atoms with Crippen molar-refractivity contribution in [2.24, 2.45) is 0 Å². The van der Waals surface area contributed by atoms with Gasteiger partial charge in [0, 0.05) is 55.9 Å². The van der Waals surface area contributed by atoms with Crippen molar-refractivity contribution in [3.05, 3.63) is 60.0 Å². The third-order valence-corrected chi connectivity index (χ3v) is 5.59. The Morgan fingerprint density at radius 2 is 2.03 bits per heavy atom. The quantitative estimate of drug-likeness (QED) is 0.781. The normalized spacial score (nSPS) is 19.3. The van der Waals surface area contributed by atoms with Crippen LogP contribution in [-0.2, 0) is 9.59 Å². The molecule has 6 nitrogen and oxygen atoms in total. The average molecular weight is 394 g/mol. The van der Waals surface area contributed by atoms with Crippen LogP contribution >= 0.6 is 0 Å². The molecule has 1 atom stereocenters. The maximum absolute atomic E-state index is 13.5. The molecule has 7 heteroatoms. The minimum absolute atomic E-state index is 0.0850. The van der Waals surface area contributed by atoms with Gasteiger partial charge in [0.25, 0.3) is 5.91 Å². The zero-order valence-corrected chi connectivity index (χ0v) is 16.4. The first-order valence-electron chi connectivity index (χ1n) is 9.59. The number of carbonyl (C=O) groups is 2. The van der Waals surface area contributed by atoms with E-state index in [0.717, 1.165) is 30.9 Å². The maximum atomic E-state index is 13.5. The predicted octanol–water partition coefficient (Wildman–Crippen LogP) is 3.29. The summed E-state index contributed by atoms with van der Waals surface area (Å²) in [6.45, 7) is 3.31. The number of hydrogen-bond donors (Lipinski definition) is 2. The van der Waals surface area contributed by atoms with Crippen LogP contribution in [0, 0.1) is 5.82 Å². The molecule has 0 aliphatic carbocycles. The lowest BCUT2D eigenvalue weighted by Crippen LogP contribution is -2.37. The van der Waals surface area contributed by atoms with Crippen molar-refractivity contribution in [3.8, 4) is 0 Å². The summed E-state index contributed by atoms with van der Waals surface area (Å²) in [7, 11) is 1.85. The Balaban J connectivity index is 1.44. The molecule has 0 radical (unpaired) electrons. The van der Waals surface area contributed by atoms with E-state index in [-0.39, 0.29) is 23.7 Å². The molecule has 29 heavy (non-hydrogen) atoms. The van der Waals surface area contributed by atoms with Crippen LogP contribution in [0.1, 0.15) is 18.9 Å². The van der Waals surface area contributed by atoms with Crippen LogP contribution in [0.4, 0.5) is 21.5 Å². The van der Waals surface area contributed by atoms with E-state index in [4.69, 9.17) is 0 Å². The van der Waals surface area contributed by atoms with Crippen molar-refractivity contribution in [1.29, 1.82) is 0 Å². The minimum atomic E-state index is -0.380. The maximum Gasteiger partial charge on any atom is 0.257 e. The van der Waals surface area contributed by atoms with Crippen LogP contribution < -0.4 is 15.5 Å². The molecular formula is C22H23FN4O2. The van der Waals surface area contributed by atoms with E-state index in [1.807, 2.05) is 31.3 Å². The van der Waals surface area contributed by atoms with E-state index in [2.05, 4.69) is 15.5 Å². The Bertz CT molecular complexity index is 987. The Kier molecular flexibility index (Phi) is 4.96. The fourth-order valence-corrected chi connectivity index (χ4v) is 3.78. The van der Waals surface area contributed by atoms with Crippen LogP contribution in [0.3, 0.4) is 0 Å². The predicted molar refractivity (Wildman–Crippen MR) is 112 cm³/mol. The molecule has 2 amide bonds. The van der Waals surface area contributed by atoms with Crippen LogP contribution in [-0.4, -0.2) is 42.9 Å². The zero-order valence-electron chi connectivity index (χ0n) is 16.4. The number of anilines is 3. The van der Waals surface area contributed by atoms with E-state index >= 15 is 0 Å². The summed E-state index contributed by atoms with van der Waals surface area (Å²) >= 11 is 0. The molecule has 0 bridgehead atoms. The summed E-state index contributed by atoms with van der Waals surface area (Å²) in [6.07, 6.45) is 2.55. The Hall–Kier alpha value is -3.35. The van der Waals surface area contributed by atoms with Gasteiger partial charge in [-0.15, -0.1) is 0 Å². The van der Waals surface area contributed by atoms with Crippen LogP contribution in [0.25, 0.3) is 5.57 Å². The molecule has 2 aliphatic rings. The summed E-state index contributed by atoms with van der Waals surface area (Å²) in [6, 6.07) is 12.4. The van der Waals surface area contributed by atoms with Gasteiger partial charge in [-0.3, -0.25) is 9.59 Å². The Labute approximate surface area is 169 Å². The molecule has 1 fully saturated rings. The van der Waals surface area contributed by atoms with Gasteiger partial charge >= 0.3 is 0 Å². The van der Waals surface area contributed by atoms with Gasteiger partial charge in [0.15, 0.2) is 0 Å². The fourth-order valence-electron chi connectivity index (χ4n) is 3.78. The van der Waals surface area contributed by atoms with Gasteiger partial charge < -0.3 is 20.4 Å². The molecule has 0 spiro atoms. The van der Waals surface area contributed by atoms with Crippen molar-refractivity contribution < 1.29 is 14.0 Å². The molecule has 0 saturated carbocycles. The molecule has 1 saturated heterocycles. The minimum Gasteiger partial charge on any atom is -0.369 e. The van der Waals surface area contributed by atoms with E-state index in [1.54, 1.807) is 24.1 Å². The third kappa shape index (κ3) is 3.81. The smallest absolute Gasteiger partial charge is 0.257 e. The van der Waals surface area contributed by atoms with Crippen molar-refractivity contribution in [2.75, 3.05) is 35.7 Å². The summed E-state index contributed by atoms with van der Waals surface area (Å²) < 4.78 is 13.5. The van der Waals surface area contributed by atoms with E-state index in [9.17, 15) is 14.0 Å². The average Bonchev–Trinajstić information content (AvgIpc) is 3.30. The SMILES string of the molecule is CC(=O)N(C)C1CCN(c2ccc(N/C=C3\C(=O)Nc4ccc(F)cc43)cc2)C1. The van der Waals surface area contributed by atoms with E-state index in [0.29, 0.717) is 16.8 Å². The van der Waals surface area contributed by atoms with Crippen LogP contribution in [0.15, 0.2) is 48.7 Å². The third-order valence-electron chi connectivity index (χ3n) is 5.59. The molecule has 150 valence electrons. The van der Waals surface area contributed by atoms with Gasteiger partial charge in [0.2, 0.25) is 5.91 Å². The molecule has 1 unspecified atom stereocenters. The Morgan fingerprint density at radius 3 is 2.76 bits per heavy atom. The van der Waals surface area contributed by atoms with Crippen LogP contribution in [0.2, 0.25) is 0 Å². The number of rotatable bonds is 4. The number of halogens is 1. The molecular weight excluding hydrogens is 371 g/mol. The summed E-state index contributed by atoms with van der Waals surface area (Å²) in [5, 5.41) is 5.85. The van der Waals surface area contributed by atoms with Gasteiger partial charge in [-0.25, -0.2) is 4.39 Å². The molecule has 2 N–H and O–H groups in total. The standard InChI is InChI=1S/C22H23FN4O2/c1-14(28)26(2)18-9-10-27(13-18)17-6-4-16(5-7-17)24-12-20-19-11-15(23)3-8-21(19)25-22(20)29/h3-8,11-12,18,24H,9-10,13H2,1-2H3,(H,25,29)/b20-12-. The number of likely N-dealkylation sites (N-methyl/N-ethyl adjacent to an activating group) is 1. The highest BCUT2D eigenvalue weighted by Crippen LogP contribution is 2.32. The monoisotopic (exact) mass is 394 g/mol. The molecule has 4 rings (SSSR count). The number of carbonyl (C=O) groups excluding carboxylic acids is 2. The molecule has 2 aromatic rings. The largest absolute Gasteiger partial charge is 0.369 e. The summed E-state index contributed by atoms with van der Waals surface area (Å²) in [5.74, 6) is -0.552. The van der Waals surface area contributed by atoms with Crippen LogP contribution in [0.5, 0.6) is 0 Å². The van der Waals surface area contributed by atoms with Gasteiger partial charge in [-0.1, -0.05) is 0 Å². The number of amides is 2. The first-order valence-corrected chi connectivity index (χ1v) is 9.59. The van der Waals surface area contributed by atoms with Crippen molar-refractivity contribution in [3.63, 3.8) is 0 Å². The molecule has 0 aromatic heterocycles. The number of nitrogens with zero attached hydrogens (tertiary/aromatic N) is 2. The van der Waals surface area contributed by atoms with Gasteiger partial charge in [-0.2, -0.15) is 0 Å². The molecule has 2 aromatic carbocycles. The first-order chi connectivity index (χ1) is 13.9. The topological polar surface area (TPSA) is 64.7 Å². The van der Waals surface area contributed by atoms with Gasteiger partial charge in [0.1, 0.15) is 5.82 Å². The van der Waals surface area contributed by atoms with Gasteiger partial charge in [-0.05, 0) is 48.9 Å². The summed E-state index contributed by atoms with van der Waals surface area (Å²) in [4.78, 5) is 27.8. The molecule has 2 heterocycles. The van der Waals surface area contributed by atoms with Crippen molar-refractivity contribution in [2.45, 2.75) is 19.4 Å². The van der Waals surface area contributed by atoms with E-state index in [1.165, 1.54) is 12.1 Å². The van der Waals surface area contributed by atoms with E-state index < -0.39 is 0 Å². The number of hydrogen-bond acceptors (Lipinski definition) is 4. The molecule has 2 aliphatic heterocycles. The first kappa shape index (κ1) is 19.0. The van der Waals surface area contributed by atoms with Crippen molar-refractivity contribution >= 4 is 34.4 Å². The lowest BCUT2D eigenvalue weighted by Gasteiger charge is -2.24. The highest BCUT2D eigenvalue weighted by molar-refractivity contribution is 6.31. The number of fused-ring (bicyclic) bond motifs is 1. The highest BCUT2D eigenvalue weighted by atomic mass is 19.1. The lowest BCUT2D eigenvalue weighted by molar-refractivity contribution is -0.129. The fraction of sp³-hybridized carbons (Fsp3) is 0.273.